The Morgan fingerprint density at radius 3 is 2.47 bits per heavy atom. The third kappa shape index (κ3) is 4.85. The first kappa shape index (κ1) is 13.5. The second-order valence-corrected chi connectivity index (χ2v) is 8.09. The summed E-state index contributed by atoms with van der Waals surface area (Å²) in [6, 6.07) is 0. The van der Waals surface area contributed by atoms with Gasteiger partial charge in [-0.3, -0.25) is 0 Å². The van der Waals surface area contributed by atoms with Crippen molar-refractivity contribution in [2.24, 2.45) is 5.92 Å². The van der Waals surface area contributed by atoms with Crippen LogP contribution in [0.25, 0.3) is 0 Å². The van der Waals surface area contributed by atoms with Crippen LogP contribution >= 0.6 is 15.9 Å². The minimum atomic E-state index is -2.76. The maximum atomic E-state index is 11.3. The minimum absolute atomic E-state index is 0.281. The second-order valence-electron chi connectivity index (χ2n) is 4.44. The van der Waals surface area contributed by atoms with E-state index in [4.69, 9.17) is 0 Å². The Labute approximate surface area is 102 Å². The SMILES string of the molecule is CCS(=O)(=O)CCCC(Br)C1CCCC1. The first-order valence-corrected chi connectivity index (χ1v) is 8.63. The molecule has 0 spiro atoms. The first-order chi connectivity index (χ1) is 7.05. The summed E-state index contributed by atoms with van der Waals surface area (Å²) in [5, 5.41) is 0. The molecule has 1 aliphatic rings. The Kier molecular flexibility index (Phi) is 5.61. The maximum absolute atomic E-state index is 11.3. The van der Waals surface area contributed by atoms with Crippen molar-refractivity contribution in [3.8, 4) is 0 Å². The van der Waals surface area contributed by atoms with Crippen molar-refractivity contribution in [3.63, 3.8) is 0 Å². The zero-order valence-corrected chi connectivity index (χ0v) is 11.8. The van der Waals surface area contributed by atoms with Crippen LogP contribution in [0, 0.1) is 5.92 Å². The predicted octanol–water partition coefficient (Wildman–Crippen LogP) is 3.16. The normalized spacial score (nSPS) is 20.7. The van der Waals surface area contributed by atoms with Crippen LogP contribution in [0.2, 0.25) is 0 Å². The second kappa shape index (κ2) is 6.24. The van der Waals surface area contributed by atoms with Crippen molar-refractivity contribution in [2.45, 2.75) is 50.3 Å². The number of sulfone groups is 1. The van der Waals surface area contributed by atoms with Crippen molar-refractivity contribution < 1.29 is 8.42 Å². The van der Waals surface area contributed by atoms with E-state index in [1.807, 2.05) is 0 Å². The molecule has 0 saturated heterocycles. The third-order valence-electron chi connectivity index (χ3n) is 3.29. The zero-order valence-electron chi connectivity index (χ0n) is 9.41. The molecule has 0 aromatic rings. The van der Waals surface area contributed by atoms with E-state index in [9.17, 15) is 8.42 Å². The number of rotatable bonds is 6. The third-order valence-corrected chi connectivity index (χ3v) is 6.28. The molecule has 1 rings (SSSR count). The fourth-order valence-electron chi connectivity index (χ4n) is 2.20. The van der Waals surface area contributed by atoms with Crippen LogP contribution in [0.15, 0.2) is 0 Å². The van der Waals surface area contributed by atoms with E-state index < -0.39 is 9.84 Å². The largest absolute Gasteiger partial charge is 0.229 e. The molecule has 0 heterocycles. The van der Waals surface area contributed by atoms with Gasteiger partial charge in [0, 0.05) is 10.6 Å². The average molecular weight is 297 g/mol. The summed E-state index contributed by atoms with van der Waals surface area (Å²) in [5.41, 5.74) is 0. The van der Waals surface area contributed by atoms with Gasteiger partial charge in [0.2, 0.25) is 0 Å². The fourth-order valence-corrected chi connectivity index (χ4v) is 3.94. The molecule has 0 amide bonds. The molecule has 15 heavy (non-hydrogen) atoms. The van der Waals surface area contributed by atoms with E-state index in [2.05, 4.69) is 15.9 Å². The van der Waals surface area contributed by atoms with E-state index in [0.29, 0.717) is 10.6 Å². The van der Waals surface area contributed by atoms with Crippen LogP contribution in [0.1, 0.15) is 45.4 Å². The molecule has 1 aliphatic carbocycles. The quantitative estimate of drug-likeness (QED) is 0.706. The van der Waals surface area contributed by atoms with Crippen LogP contribution in [-0.2, 0) is 9.84 Å². The molecule has 0 aromatic carbocycles. The van der Waals surface area contributed by atoms with Crippen LogP contribution in [0.4, 0.5) is 0 Å². The topological polar surface area (TPSA) is 34.1 Å². The first-order valence-electron chi connectivity index (χ1n) is 5.89. The molecular formula is C11H21BrO2S. The highest BCUT2D eigenvalue weighted by molar-refractivity contribution is 9.09. The Morgan fingerprint density at radius 1 is 1.33 bits per heavy atom. The molecule has 0 radical (unpaired) electrons. The van der Waals surface area contributed by atoms with Gasteiger partial charge in [-0.05, 0) is 31.6 Å². The van der Waals surface area contributed by atoms with Crippen molar-refractivity contribution in [1.29, 1.82) is 0 Å². The van der Waals surface area contributed by atoms with Gasteiger partial charge >= 0.3 is 0 Å². The van der Waals surface area contributed by atoms with Crippen molar-refractivity contribution in [3.05, 3.63) is 0 Å². The van der Waals surface area contributed by atoms with Gasteiger partial charge in [0.1, 0.15) is 9.84 Å². The summed E-state index contributed by atoms with van der Waals surface area (Å²) in [5.74, 6) is 1.43. The van der Waals surface area contributed by atoms with Crippen LogP contribution in [0.5, 0.6) is 0 Å². The highest BCUT2D eigenvalue weighted by Crippen LogP contribution is 2.33. The van der Waals surface area contributed by atoms with Gasteiger partial charge in [-0.15, -0.1) is 0 Å². The summed E-state index contributed by atoms with van der Waals surface area (Å²) in [6.45, 7) is 1.72. The van der Waals surface area contributed by atoms with E-state index in [1.165, 1.54) is 25.7 Å². The molecule has 0 aliphatic heterocycles. The average Bonchev–Trinajstić information content (AvgIpc) is 2.70. The Morgan fingerprint density at radius 2 is 1.93 bits per heavy atom. The number of alkyl halides is 1. The summed E-state index contributed by atoms with van der Waals surface area (Å²) >= 11 is 3.70. The van der Waals surface area contributed by atoms with Crippen molar-refractivity contribution >= 4 is 25.8 Å². The molecule has 1 fully saturated rings. The van der Waals surface area contributed by atoms with Crippen LogP contribution in [-0.4, -0.2) is 24.8 Å². The smallest absolute Gasteiger partial charge is 0.150 e. The lowest BCUT2D eigenvalue weighted by molar-refractivity contribution is 0.500. The monoisotopic (exact) mass is 296 g/mol. The van der Waals surface area contributed by atoms with E-state index >= 15 is 0 Å². The highest BCUT2D eigenvalue weighted by Gasteiger charge is 2.22. The summed E-state index contributed by atoms with van der Waals surface area (Å²) in [6.07, 6.45) is 7.14. The van der Waals surface area contributed by atoms with Crippen molar-refractivity contribution in [2.75, 3.05) is 11.5 Å². The van der Waals surface area contributed by atoms with E-state index in [-0.39, 0.29) is 5.75 Å². The van der Waals surface area contributed by atoms with E-state index in [0.717, 1.165) is 18.8 Å². The van der Waals surface area contributed by atoms with Gasteiger partial charge in [-0.1, -0.05) is 35.7 Å². The molecule has 0 bridgehead atoms. The highest BCUT2D eigenvalue weighted by atomic mass is 79.9. The lowest BCUT2D eigenvalue weighted by Gasteiger charge is -2.16. The number of hydrogen-bond acceptors (Lipinski definition) is 2. The lowest BCUT2D eigenvalue weighted by atomic mass is 10.0. The standard InChI is InChI=1S/C11H21BrO2S/c1-2-15(13,14)9-5-8-11(12)10-6-3-4-7-10/h10-11H,2-9H2,1H3. The van der Waals surface area contributed by atoms with Gasteiger partial charge in [-0.25, -0.2) is 8.42 Å². The predicted molar refractivity (Wildman–Crippen MR) is 68.2 cm³/mol. The molecule has 90 valence electrons. The maximum Gasteiger partial charge on any atom is 0.150 e. The Bertz CT molecular complexity index is 268. The zero-order chi connectivity index (χ0) is 11.3. The minimum Gasteiger partial charge on any atom is -0.229 e. The van der Waals surface area contributed by atoms with E-state index in [1.54, 1.807) is 6.92 Å². The van der Waals surface area contributed by atoms with Crippen LogP contribution < -0.4 is 0 Å². The molecule has 1 unspecified atom stereocenters. The van der Waals surface area contributed by atoms with Crippen LogP contribution in [0.3, 0.4) is 0 Å². The van der Waals surface area contributed by atoms with Gasteiger partial charge in [0.15, 0.2) is 0 Å². The van der Waals surface area contributed by atoms with Gasteiger partial charge in [0.05, 0.1) is 5.75 Å². The van der Waals surface area contributed by atoms with Gasteiger partial charge < -0.3 is 0 Å². The van der Waals surface area contributed by atoms with Gasteiger partial charge in [0.25, 0.3) is 0 Å². The molecule has 1 atom stereocenters. The summed E-state index contributed by atoms with van der Waals surface area (Å²) in [7, 11) is -2.76. The lowest BCUT2D eigenvalue weighted by Crippen LogP contribution is -2.14. The summed E-state index contributed by atoms with van der Waals surface area (Å²) < 4.78 is 22.6. The molecule has 0 aromatic heterocycles. The van der Waals surface area contributed by atoms with Gasteiger partial charge in [-0.2, -0.15) is 0 Å². The van der Waals surface area contributed by atoms with Crippen molar-refractivity contribution in [1.82, 2.24) is 0 Å². The molecule has 0 N–H and O–H groups in total. The molecule has 2 nitrogen and oxygen atoms in total. The molecular weight excluding hydrogens is 276 g/mol. The molecule has 1 saturated carbocycles. The Balaban J connectivity index is 2.19. The summed E-state index contributed by atoms with van der Waals surface area (Å²) in [4.78, 5) is 0.534. The molecule has 4 heteroatoms. The number of hydrogen-bond donors (Lipinski definition) is 0. The number of halogens is 1. The Hall–Kier alpha value is 0.430. The fraction of sp³-hybridized carbons (Fsp3) is 1.00.